The van der Waals surface area contributed by atoms with Gasteiger partial charge in [0.25, 0.3) is 5.91 Å². The lowest BCUT2D eigenvalue weighted by Crippen LogP contribution is -2.49. The van der Waals surface area contributed by atoms with Crippen LogP contribution in [-0.4, -0.2) is 39.2 Å². The van der Waals surface area contributed by atoms with Crippen molar-refractivity contribution in [3.8, 4) is 17.2 Å². The highest BCUT2D eigenvalue weighted by Gasteiger charge is 2.20. The first-order valence-electron chi connectivity index (χ1n) is 7.85. The highest BCUT2D eigenvalue weighted by molar-refractivity contribution is 5.97. The lowest BCUT2D eigenvalue weighted by Gasteiger charge is -2.20. The molecule has 7 heteroatoms. The van der Waals surface area contributed by atoms with Crippen molar-refractivity contribution in [2.24, 2.45) is 0 Å². The van der Waals surface area contributed by atoms with Gasteiger partial charge in [-0.1, -0.05) is 30.3 Å². The molecule has 2 rings (SSSR count). The van der Waals surface area contributed by atoms with Gasteiger partial charge < -0.3 is 29.4 Å². The van der Waals surface area contributed by atoms with Crippen molar-refractivity contribution in [1.82, 2.24) is 5.32 Å². The average Bonchev–Trinajstić information content (AvgIpc) is 2.66. The van der Waals surface area contributed by atoms with E-state index in [-0.39, 0.29) is 12.0 Å². The summed E-state index contributed by atoms with van der Waals surface area (Å²) in [5.74, 6) is -1.02. The van der Waals surface area contributed by atoms with Crippen molar-refractivity contribution in [3.05, 3.63) is 53.6 Å². The van der Waals surface area contributed by atoms with E-state index in [1.165, 1.54) is 33.5 Å². The predicted molar refractivity (Wildman–Crippen MR) is 92.5 cm³/mol. The fourth-order valence-corrected chi connectivity index (χ4v) is 2.50. The van der Waals surface area contributed by atoms with E-state index >= 15 is 0 Å². The van der Waals surface area contributed by atoms with E-state index in [0.29, 0.717) is 17.2 Å². The maximum absolute atomic E-state index is 12.5. The van der Waals surface area contributed by atoms with Gasteiger partial charge in [0.05, 0.1) is 33.3 Å². The van der Waals surface area contributed by atoms with Crippen LogP contribution in [0.15, 0.2) is 42.5 Å². The Labute approximate surface area is 151 Å². The van der Waals surface area contributed by atoms with Crippen LogP contribution in [0.5, 0.6) is 17.2 Å². The predicted octanol–water partition coefficient (Wildman–Crippen LogP) is 0.803. The van der Waals surface area contributed by atoms with Crippen molar-refractivity contribution in [2.45, 2.75) is 12.5 Å². The molecule has 0 aliphatic rings. The Bertz CT molecular complexity index is 750. The van der Waals surface area contributed by atoms with Crippen LogP contribution < -0.4 is 24.6 Å². The van der Waals surface area contributed by atoms with Gasteiger partial charge in [-0.15, -0.1) is 0 Å². The first-order chi connectivity index (χ1) is 12.5. The zero-order valence-corrected chi connectivity index (χ0v) is 14.8. The Morgan fingerprint density at radius 3 is 2.04 bits per heavy atom. The second-order valence-corrected chi connectivity index (χ2v) is 5.45. The molecule has 1 atom stereocenters. The molecule has 2 aromatic rings. The van der Waals surface area contributed by atoms with Crippen LogP contribution in [-0.2, 0) is 11.2 Å². The number of hydrogen-bond acceptors (Lipinski definition) is 6. The van der Waals surface area contributed by atoms with Gasteiger partial charge in [-0.2, -0.15) is 0 Å². The molecule has 1 N–H and O–H groups in total. The van der Waals surface area contributed by atoms with Crippen molar-refractivity contribution in [1.29, 1.82) is 0 Å². The number of benzene rings is 2. The van der Waals surface area contributed by atoms with E-state index in [1.54, 1.807) is 24.3 Å². The third-order valence-electron chi connectivity index (χ3n) is 3.80. The number of aliphatic carboxylic acids is 1. The smallest absolute Gasteiger partial charge is 0.252 e. The number of carboxylic acid groups (broad SMARTS) is 1. The second-order valence-electron chi connectivity index (χ2n) is 5.45. The molecule has 7 nitrogen and oxygen atoms in total. The number of nitrogens with one attached hydrogen (secondary N) is 1. The minimum absolute atomic E-state index is 0.110. The third-order valence-corrected chi connectivity index (χ3v) is 3.80. The van der Waals surface area contributed by atoms with E-state index < -0.39 is 17.9 Å². The Balaban J connectivity index is 2.25. The Kier molecular flexibility index (Phi) is 6.43. The standard InChI is InChI=1S/C19H21NO6/c1-24-15-10-13(11-16(25-2)17(15)26-3)18(21)20-14(19(22)23)9-12-7-5-4-6-8-12/h4-8,10-11,14H,9H2,1-3H3,(H,20,21)(H,22,23)/p-1. The Morgan fingerprint density at radius 1 is 1.00 bits per heavy atom. The lowest BCUT2D eigenvalue weighted by molar-refractivity contribution is -0.308. The summed E-state index contributed by atoms with van der Waals surface area (Å²) >= 11 is 0. The molecule has 0 spiro atoms. The van der Waals surface area contributed by atoms with E-state index in [1.807, 2.05) is 6.07 Å². The number of carboxylic acids is 1. The van der Waals surface area contributed by atoms with E-state index in [0.717, 1.165) is 5.56 Å². The molecule has 26 heavy (non-hydrogen) atoms. The molecule has 0 saturated heterocycles. The molecular formula is C19H20NO6-. The summed E-state index contributed by atoms with van der Waals surface area (Å²) in [6.07, 6.45) is 0.110. The monoisotopic (exact) mass is 358 g/mol. The van der Waals surface area contributed by atoms with Crippen LogP contribution in [0.2, 0.25) is 0 Å². The second kappa shape index (κ2) is 8.75. The summed E-state index contributed by atoms with van der Waals surface area (Å²) < 4.78 is 15.6. The summed E-state index contributed by atoms with van der Waals surface area (Å²) in [4.78, 5) is 24.0. The van der Waals surface area contributed by atoms with Crippen LogP contribution in [0.25, 0.3) is 0 Å². The largest absolute Gasteiger partial charge is 0.548 e. The van der Waals surface area contributed by atoms with Gasteiger partial charge in [-0.25, -0.2) is 0 Å². The zero-order valence-electron chi connectivity index (χ0n) is 14.8. The van der Waals surface area contributed by atoms with Crippen molar-refractivity contribution in [3.63, 3.8) is 0 Å². The summed E-state index contributed by atoms with van der Waals surface area (Å²) in [6.45, 7) is 0. The number of carbonyl (C=O) groups excluding carboxylic acids is 2. The minimum atomic E-state index is -1.37. The molecule has 0 aliphatic carbocycles. The molecule has 0 aliphatic heterocycles. The fraction of sp³-hybridized carbons (Fsp3) is 0.263. The molecule has 1 unspecified atom stereocenters. The normalized spacial score (nSPS) is 11.3. The molecule has 0 radical (unpaired) electrons. The number of methoxy groups -OCH3 is 3. The van der Waals surface area contributed by atoms with Gasteiger partial charge in [-0.3, -0.25) is 4.79 Å². The number of hydrogen-bond donors (Lipinski definition) is 1. The summed E-state index contributed by atoms with van der Waals surface area (Å²) in [5.41, 5.74) is 0.950. The molecule has 0 bridgehead atoms. The van der Waals surface area contributed by atoms with Gasteiger partial charge in [0, 0.05) is 5.56 Å². The lowest BCUT2D eigenvalue weighted by atomic mass is 10.1. The van der Waals surface area contributed by atoms with E-state index in [4.69, 9.17) is 14.2 Å². The highest BCUT2D eigenvalue weighted by atomic mass is 16.5. The SMILES string of the molecule is COc1cc(C(=O)NC(Cc2ccccc2)C(=O)[O-])cc(OC)c1OC. The zero-order chi connectivity index (χ0) is 19.1. The molecule has 1 amide bonds. The van der Waals surface area contributed by atoms with Crippen LogP contribution in [0.3, 0.4) is 0 Å². The topological polar surface area (TPSA) is 96.9 Å². The summed E-state index contributed by atoms with van der Waals surface area (Å²) in [5, 5.41) is 13.9. The molecule has 0 saturated carbocycles. The van der Waals surface area contributed by atoms with Crippen molar-refractivity contribution < 1.29 is 28.9 Å². The van der Waals surface area contributed by atoms with Crippen molar-refractivity contribution >= 4 is 11.9 Å². The van der Waals surface area contributed by atoms with Gasteiger partial charge in [-0.05, 0) is 24.1 Å². The minimum Gasteiger partial charge on any atom is -0.548 e. The van der Waals surface area contributed by atoms with Gasteiger partial charge >= 0.3 is 0 Å². The van der Waals surface area contributed by atoms with Crippen molar-refractivity contribution in [2.75, 3.05) is 21.3 Å². The number of ether oxygens (including phenoxy) is 3. The third kappa shape index (κ3) is 4.44. The molecule has 0 fully saturated rings. The van der Waals surface area contributed by atoms with Crippen LogP contribution >= 0.6 is 0 Å². The number of rotatable bonds is 8. The first-order valence-corrected chi connectivity index (χ1v) is 7.85. The Hall–Kier alpha value is -3.22. The number of amides is 1. The van der Waals surface area contributed by atoms with Gasteiger partial charge in [0.2, 0.25) is 5.75 Å². The van der Waals surface area contributed by atoms with Crippen LogP contribution in [0, 0.1) is 0 Å². The number of carbonyl (C=O) groups is 2. The molecule has 0 aromatic heterocycles. The van der Waals surface area contributed by atoms with Crippen LogP contribution in [0.4, 0.5) is 0 Å². The summed E-state index contributed by atoms with van der Waals surface area (Å²) in [7, 11) is 4.31. The average molecular weight is 358 g/mol. The van der Waals surface area contributed by atoms with Crippen LogP contribution in [0.1, 0.15) is 15.9 Å². The molecule has 0 heterocycles. The quantitative estimate of drug-likeness (QED) is 0.750. The summed E-state index contributed by atoms with van der Waals surface area (Å²) in [6, 6.07) is 10.7. The molecule has 138 valence electrons. The first kappa shape index (κ1) is 19.1. The van der Waals surface area contributed by atoms with E-state index in [9.17, 15) is 14.7 Å². The Morgan fingerprint density at radius 2 is 1.58 bits per heavy atom. The van der Waals surface area contributed by atoms with E-state index in [2.05, 4.69) is 5.32 Å². The molecule has 2 aromatic carbocycles. The molecular weight excluding hydrogens is 338 g/mol. The van der Waals surface area contributed by atoms with Gasteiger partial charge in [0.1, 0.15) is 0 Å². The fourth-order valence-electron chi connectivity index (χ4n) is 2.50. The highest BCUT2D eigenvalue weighted by Crippen LogP contribution is 2.38. The van der Waals surface area contributed by atoms with Gasteiger partial charge in [0.15, 0.2) is 11.5 Å². The maximum atomic E-state index is 12.5. The maximum Gasteiger partial charge on any atom is 0.252 e.